The summed E-state index contributed by atoms with van der Waals surface area (Å²) in [5.41, 5.74) is 5.39. The molecule has 0 amide bonds. The van der Waals surface area contributed by atoms with E-state index in [1.54, 1.807) is 14.2 Å². The maximum Gasteiger partial charge on any atom is 0.174 e. The van der Waals surface area contributed by atoms with Crippen LogP contribution in [0, 0.1) is 13.8 Å². The monoisotopic (exact) mass is 470 g/mol. The zero-order valence-corrected chi connectivity index (χ0v) is 20.2. The van der Waals surface area contributed by atoms with Gasteiger partial charge in [0.1, 0.15) is 5.75 Å². The maximum absolute atomic E-state index is 6.47. The van der Waals surface area contributed by atoms with Crippen LogP contribution in [0.15, 0.2) is 48.7 Å². The lowest BCUT2D eigenvalue weighted by atomic mass is 9.96. The average molecular weight is 471 g/mol. The number of nitrogens with one attached hydrogen (secondary N) is 1. The number of hydrogen-bond acceptors (Lipinski definition) is 4. The Morgan fingerprint density at radius 3 is 2.62 bits per heavy atom. The molecule has 2 atom stereocenters. The second kappa shape index (κ2) is 9.48. The van der Waals surface area contributed by atoms with Crippen molar-refractivity contribution in [3.05, 3.63) is 76.3 Å². The standard InChI is InChI=1S/C24H27ClN4O2S/c1-15-13-18(16(2)28(15)11-12-30-3)23-22(20-7-5-6-10-26-20)27-24(32)29(23)17-8-9-21(31-4)19(25)14-17/h5-10,13-14,22-23H,11-12H2,1-4H3,(H,27,32)/t22-,23-/m1/s1. The molecule has 1 aliphatic rings. The van der Waals surface area contributed by atoms with Crippen molar-refractivity contribution >= 4 is 34.6 Å². The van der Waals surface area contributed by atoms with Gasteiger partial charge in [-0.15, -0.1) is 0 Å². The largest absolute Gasteiger partial charge is 0.495 e. The molecule has 1 fully saturated rings. The Morgan fingerprint density at radius 1 is 1.16 bits per heavy atom. The van der Waals surface area contributed by atoms with E-state index in [-0.39, 0.29) is 12.1 Å². The Bertz CT molecular complexity index is 1120. The Morgan fingerprint density at radius 2 is 1.97 bits per heavy atom. The third kappa shape index (κ3) is 4.08. The van der Waals surface area contributed by atoms with Crippen molar-refractivity contribution < 1.29 is 9.47 Å². The number of aromatic nitrogens is 2. The molecule has 1 saturated heterocycles. The first-order chi connectivity index (χ1) is 15.5. The Balaban J connectivity index is 1.84. The van der Waals surface area contributed by atoms with Gasteiger partial charge in [0.05, 0.1) is 36.5 Å². The molecule has 3 heterocycles. The lowest BCUT2D eigenvalue weighted by Gasteiger charge is -2.28. The molecule has 2 aromatic heterocycles. The molecule has 1 aliphatic heterocycles. The van der Waals surface area contributed by atoms with Crippen LogP contribution in [0.25, 0.3) is 0 Å². The molecular formula is C24H27ClN4O2S. The highest BCUT2D eigenvalue weighted by Crippen LogP contribution is 2.44. The van der Waals surface area contributed by atoms with Gasteiger partial charge < -0.3 is 24.3 Å². The highest BCUT2D eigenvalue weighted by molar-refractivity contribution is 7.80. The van der Waals surface area contributed by atoms with Gasteiger partial charge in [-0.3, -0.25) is 4.98 Å². The van der Waals surface area contributed by atoms with Crippen molar-refractivity contribution in [3.8, 4) is 5.75 Å². The van der Waals surface area contributed by atoms with Crippen molar-refractivity contribution in [2.75, 3.05) is 25.7 Å². The van der Waals surface area contributed by atoms with E-state index in [9.17, 15) is 0 Å². The lowest BCUT2D eigenvalue weighted by Crippen LogP contribution is -2.29. The fourth-order valence-corrected chi connectivity index (χ4v) is 5.01. The van der Waals surface area contributed by atoms with Gasteiger partial charge in [0.15, 0.2) is 5.11 Å². The van der Waals surface area contributed by atoms with Crippen molar-refractivity contribution in [1.82, 2.24) is 14.9 Å². The first-order valence-electron chi connectivity index (χ1n) is 10.5. The first kappa shape index (κ1) is 22.6. The van der Waals surface area contributed by atoms with E-state index >= 15 is 0 Å². The summed E-state index contributed by atoms with van der Waals surface area (Å²) in [5.74, 6) is 0.629. The molecule has 0 aliphatic carbocycles. The number of hydrogen-bond donors (Lipinski definition) is 1. The maximum atomic E-state index is 6.47. The van der Waals surface area contributed by atoms with Crippen LogP contribution in [-0.2, 0) is 11.3 Å². The Labute approximate surface area is 199 Å². The molecule has 0 spiro atoms. The van der Waals surface area contributed by atoms with E-state index in [2.05, 4.69) is 39.7 Å². The predicted octanol–water partition coefficient (Wildman–Crippen LogP) is 4.99. The van der Waals surface area contributed by atoms with Crippen molar-refractivity contribution in [2.24, 2.45) is 0 Å². The van der Waals surface area contributed by atoms with Crippen LogP contribution in [0.2, 0.25) is 5.02 Å². The summed E-state index contributed by atoms with van der Waals surface area (Å²) in [7, 11) is 3.33. The molecule has 8 heteroatoms. The second-order valence-electron chi connectivity index (χ2n) is 7.79. The predicted molar refractivity (Wildman–Crippen MR) is 132 cm³/mol. The summed E-state index contributed by atoms with van der Waals surface area (Å²) in [6, 6.07) is 13.7. The van der Waals surface area contributed by atoms with E-state index in [0.29, 0.717) is 22.5 Å². The Kier molecular flexibility index (Phi) is 6.69. The number of pyridine rings is 1. The smallest absolute Gasteiger partial charge is 0.174 e. The minimum Gasteiger partial charge on any atom is -0.495 e. The summed E-state index contributed by atoms with van der Waals surface area (Å²) in [4.78, 5) is 6.76. The zero-order valence-electron chi connectivity index (χ0n) is 18.6. The number of methoxy groups -OCH3 is 2. The Hall–Kier alpha value is -2.61. The zero-order chi connectivity index (χ0) is 22.8. The van der Waals surface area contributed by atoms with Gasteiger partial charge in [-0.1, -0.05) is 17.7 Å². The summed E-state index contributed by atoms with van der Waals surface area (Å²) in [6.07, 6.45) is 1.81. The highest BCUT2D eigenvalue weighted by Gasteiger charge is 2.42. The third-order valence-corrected chi connectivity index (χ3v) is 6.57. The van der Waals surface area contributed by atoms with E-state index in [1.165, 1.54) is 17.0 Å². The summed E-state index contributed by atoms with van der Waals surface area (Å²) < 4.78 is 13.0. The van der Waals surface area contributed by atoms with Crippen LogP contribution in [0.3, 0.4) is 0 Å². The van der Waals surface area contributed by atoms with Gasteiger partial charge in [0, 0.05) is 36.9 Å². The summed E-state index contributed by atoms with van der Waals surface area (Å²) >= 11 is 12.3. The minimum atomic E-state index is -0.110. The highest BCUT2D eigenvalue weighted by atomic mass is 35.5. The SMILES string of the molecule is COCCn1c(C)cc([C@@H]2[C@@H](c3ccccn3)NC(=S)N2c2ccc(OC)c(Cl)c2)c1C. The summed E-state index contributed by atoms with van der Waals surface area (Å²) in [5, 5.41) is 4.67. The van der Waals surface area contributed by atoms with Crippen LogP contribution >= 0.6 is 23.8 Å². The van der Waals surface area contributed by atoms with Gasteiger partial charge >= 0.3 is 0 Å². The molecule has 0 unspecified atom stereocenters. The number of ether oxygens (including phenoxy) is 2. The molecule has 3 aromatic rings. The molecule has 1 N–H and O–H groups in total. The normalized spacial score (nSPS) is 18.2. The van der Waals surface area contributed by atoms with Crippen LogP contribution in [-0.4, -0.2) is 35.5 Å². The number of benzene rings is 1. The number of halogens is 1. The number of rotatable bonds is 7. The third-order valence-electron chi connectivity index (χ3n) is 5.96. The molecular weight excluding hydrogens is 444 g/mol. The van der Waals surface area contributed by atoms with Gasteiger partial charge in [0.2, 0.25) is 0 Å². The molecule has 4 rings (SSSR count). The quantitative estimate of drug-likeness (QED) is 0.491. The average Bonchev–Trinajstić information content (AvgIpc) is 3.28. The number of aryl methyl sites for hydroxylation is 1. The number of anilines is 1. The van der Waals surface area contributed by atoms with Gasteiger partial charge in [-0.05, 0) is 68.0 Å². The van der Waals surface area contributed by atoms with Crippen LogP contribution < -0.4 is 15.0 Å². The van der Waals surface area contributed by atoms with Gasteiger partial charge in [0.25, 0.3) is 0 Å². The van der Waals surface area contributed by atoms with E-state index in [0.717, 1.165) is 17.9 Å². The van der Waals surface area contributed by atoms with Crippen molar-refractivity contribution in [3.63, 3.8) is 0 Å². The minimum absolute atomic E-state index is 0.0932. The van der Waals surface area contributed by atoms with Gasteiger partial charge in [-0.2, -0.15) is 0 Å². The molecule has 1 aromatic carbocycles. The molecule has 0 saturated carbocycles. The molecule has 168 valence electrons. The molecule has 32 heavy (non-hydrogen) atoms. The second-order valence-corrected chi connectivity index (χ2v) is 8.58. The van der Waals surface area contributed by atoms with E-state index in [1.807, 2.05) is 42.6 Å². The van der Waals surface area contributed by atoms with E-state index < -0.39 is 0 Å². The molecule has 0 bridgehead atoms. The van der Waals surface area contributed by atoms with E-state index in [4.69, 9.17) is 33.3 Å². The van der Waals surface area contributed by atoms with Crippen molar-refractivity contribution in [2.45, 2.75) is 32.5 Å². The van der Waals surface area contributed by atoms with Crippen molar-refractivity contribution in [1.29, 1.82) is 0 Å². The first-order valence-corrected chi connectivity index (χ1v) is 11.2. The number of thiocarbonyl (C=S) groups is 1. The fourth-order valence-electron chi connectivity index (χ4n) is 4.41. The van der Waals surface area contributed by atoms with Crippen LogP contribution in [0.1, 0.15) is 34.7 Å². The molecule has 6 nitrogen and oxygen atoms in total. The van der Waals surface area contributed by atoms with Crippen LogP contribution in [0.4, 0.5) is 5.69 Å². The summed E-state index contributed by atoms with van der Waals surface area (Å²) in [6.45, 7) is 5.71. The van der Waals surface area contributed by atoms with Gasteiger partial charge in [-0.25, -0.2) is 0 Å². The van der Waals surface area contributed by atoms with Crippen LogP contribution in [0.5, 0.6) is 5.75 Å². The number of nitrogens with zero attached hydrogens (tertiary/aromatic N) is 3. The fraction of sp³-hybridized carbons (Fsp3) is 0.333. The topological polar surface area (TPSA) is 51.5 Å². The molecule has 0 radical (unpaired) electrons. The lowest BCUT2D eigenvalue weighted by molar-refractivity contribution is 0.186.